The highest BCUT2D eigenvalue weighted by Gasteiger charge is 1.98. The van der Waals surface area contributed by atoms with E-state index >= 15 is 0 Å². The van der Waals surface area contributed by atoms with Crippen molar-refractivity contribution in [3.63, 3.8) is 0 Å². The standard InChI is InChI=1S/C8H11N3O2/c1-13-8(12)6-10-5-7-4-9-2-3-11-7/h2-4,10H,5-6H2,1H3. The lowest BCUT2D eigenvalue weighted by Gasteiger charge is -2.01. The summed E-state index contributed by atoms with van der Waals surface area (Å²) in [6.07, 6.45) is 4.85. The lowest BCUT2D eigenvalue weighted by atomic mass is 10.4. The van der Waals surface area contributed by atoms with Gasteiger partial charge in [0.25, 0.3) is 0 Å². The molecular formula is C8H11N3O2. The molecule has 0 aliphatic carbocycles. The third-order valence-electron chi connectivity index (χ3n) is 1.42. The molecule has 1 N–H and O–H groups in total. The molecule has 0 aliphatic heterocycles. The van der Waals surface area contributed by atoms with Crippen molar-refractivity contribution in [2.75, 3.05) is 13.7 Å². The van der Waals surface area contributed by atoms with E-state index in [1.165, 1.54) is 7.11 Å². The number of aromatic nitrogens is 2. The lowest BCUT2D eigenvalue weighted by molar-refractivity contribution is -0.139. The van der Waals surface area contributed by atoms with Crippen molar-refractivity contribution in [2.45, 2.75) is 6.54 Å². The van der Waals surface area contributed by atoms with Crippen LogP contribution in [0.2, 0.25) is 0 Å². The molecule has 0 saturated heterocycles. The zero-order valence-corrected chi connectivity index (χ0v) is 7.36. The second-order valence-electron chi connectivity index (χ2n) is 2.38. The quantitative estimate of drug-likeness (QED) is 0.648. The summed E-state index contributed by atoms with van der Waals surface area (Å²) < 4.78 is 4.45. The van der Waals surface area contributed by atoms with Crippen LogP contribution in [-0.4, -0.2) is 29.6 Å². The molecule has 5 heteroatoms. The molecule has 0 fully saturated rings. The Labute approximate surface area is 76.2 Å². The zero-order chi connectivity index (χ0) is 9.52. The Bertz CT molecular complexity index is 263. The van der Waals surface area contributed by atoms with E-state index in [-0.39, 0.29) is 12.5 Å². The molecule has 5 nitrogen and oxygen atoms in total. The van der Waals surface area contributed by atoms with Gasteiger partial charge in [0, 0.05) is 25.1 Å². The number of esters is 1. The van der Waals surface area contributed by atoms with E-state index in [4.69, 9.17) is 0 Å². The first-order chi connectivity index (χ1) is 6.33. The molecule has 0 spiro atoms. The molecule has 0 unspecified atom stereocenters. The fraction of sp³-hybridized carbons (Fsp3) is 0.375. The minimum atomic E-state index is -0.288. The topological polar surface area (TPSA) is 64.1 Å². The van der Waals surface area contributed by atoms with E-state index in [1.807, 2.05) is 0 Å². The molecule has 1 rings (SSSR count). The van der Waals surface area contributed by atoms with Gasteiger partial charge in [-0.2, -0.15) is 0 Å². The summed E-state index contributed by atoms with van der Waals surface area (Å²) in [5.74, 6) is -0.288. The monoisotopic (exact) mass is 181 g/mol. The van der Waals surface area contributed by atoms with Crippen molar-refractivity contribution < 1.29 is 9.53 Å². The number of ether oxygens (including phenoxy) is 1. The van der Waals surface area contributed by atoms with Crippen molar-refractivity contribution in [1.82, 2.24) is 15.3 Å². The van der Waals surface area contributed by atoms with E-state index in [1.54, 1.807) is 18.6 Å². The number of hydrogen-bond donors (Lipinski definition) is 1. The van der Waals surface area contributed by atoms with Crippen molar-refractivity contribution in [1.29, 1.82) is 0 Å². The van der Waals surface area contributed by atoms with Crippen molar-refractivity contribution >= 4 is 5.97 Å². The molecule has 0 radical (unpaired) electrons. The van der Waals surface area contributed by atoms with Crippen LogP contribution in [0.5, 0.6) is 0 Å². The summed E-state index contributed by atoms with van der Waals surface area (Å²) in [5, 5.41) is 2.88. The molecule has 0 saturated carbocycles. The Morgan fingerprint density at radius 1 is 1.62 bits per heavy atom. The van der Waals surface area contributed by atoms with Crippen LogP contribution in [0.15, 0.2) is 18.6 Å². The minimum absolute atomic E-state index is 0.188. The molecule has 1 aromatic rings. The predicted octanol–water partition coefficient (Wildman–Crippen LogP) is -0.261. The Hall–Kier alpha value is -1.49. The van der Waals surface area contributed by atoms with Crippen LogP contribution in [0, 0.1) is 0 Å². The number of rotatable bonds is 4. The van der Waals surface area contributed by atoms with Gasteiger partial charge in [0.1, 0.15) is 0 Å². The molecular weight excluding hydrogens is 170 g/mol. The Morgan fingerprint density at radius 2 is 2.46 bits per heavy atom. The molecule has 0 bridgehead atoms. The highest BCUT2D eigenvalue weighted by atomic mass is 16.5. The molecule has 0 amide bonds. The van der Waals surface area contributed by atoms with Gasteiger partial charge >= 0.3 is 5.97 Å². The van der Waals surface area contributed by atoms with E-state index in [9.17, 15) is 4.79 Å². The highest BCUT2D eigenvalue weighted by molar-refractivity contribution is 5.71. The summed E-state index contributed by atoms with van der Waals surface area (Å²) in [6, 6.07) is 0. The molecule has 1 aromatic heterocycles. The first-order valence-corrected chi connectivity index (χ1v) is 3.85. The largest absolute Gasteiger partial charge is 0.468 e. The number of nitrogens with one attached hydrogen (secondary N) is 1. The summed E-state index contributed by atoms with van der Waals surface area (Å²) in [5.41, 5.74) is 0.798. The first kappa shape index (κ1) is 9.60. The lowest BCUT2D eigenvalue weighted by Crippen LogP contribution is -2.23. The Balaban J connectivity index is 2.24. The van der Waals surface area contributed by atoms with Crippen LogP contribution in [0.3, 0.4) is 0 Å². The van der Waals surface area contributed by atoms with Gasteiger partial charge in [-0.1, -0.05) is 0 Å². The number of methoxy groups -OCH3 is 1. The maximum Gasteiger partial charge on any atom is 0.319 e. The molecule has 0 atom stereocenters. The summed E-state index contributed by atoms with van der Waals surface area (Å²) in [6.45, 7) is 0.704. The SMILES string of the molecule is COC(=O)CNCc1cnccn1. The van der Waals surface area contributed by atoms with Crippen molar-refractivity contribution in [3.05, 3.63) is 24.3 Å². The third kappa shape index (κ3) is 3.62. The van der Waals surface area contributed by atoms with Crippen LogP contribution >= 0.6 is 0 Å². The first-order valence-electron chi connectivity index (χ1n) is 3.85. The number of carbonyl (C=O) groups excluding carboxylic acids is 1. The van der Waals surface area contributed by atoms with Crippen LogP contribution < -0.4 is 5.32 Å². The van der Waals surface area contributed by atoms with E-state index < -0.39 is 0 Å². The van der Waals surface area contributed by atoms with Gasteiger partial charge < -0.3 is 10.1 Å². The number of carbonyl (C=O) groups is 1. The molecule has 1 heterocycles. The zero-order valence-electron chi connectivity index (χ0n) is 7.36. The number of hydrogen-bond acceptors (Lipinski definition) is 5. The van der Waals surface area contributed by atoms with Gasteiger partial charge in [0.05, 0.1) is 19.3 Å². The maximum absolute atomic E-state index is 10.7. The second-order valence-corrected chi connectivity index (χ2v) is 2.38. The van der Waals surface area contributed by atoms with Crippen LogP contribution in [0.25, 0.3) is 0 Å². The summed E-state index contributed by atoms with van der Waals surface area (Å²) >= 11 is 0. The van der Waals surface area contributed by atoms with Gasteiger partial charge in [0.2, 0.25) is 0 Å². The highest BCUT2D eigenvalue weighted by Crippen LogP contribution is 1.87. The normalized spacial score (nSPS) is 9.62. The third-order valence-corrected chi connectivity index (χ3v) is 1.42. The average molecular weight is 181 g/mol. The van der Waals surface area contributed by atoms with Crippen molar-refractivity contribution in [3.8, 4) is 0 Å². The summed E-state index contributed by atoms with van der Waals surface area (Å²) in [4.78, 5) is 18.6. The maximum atomic E-state index is 10.7. The van der Waals surface area contributed by atoms with Gasteiger partial charge in [-0.25, -0.2) is 0 Å². The Morgan fingerprint density at radius 3 is 3.08 bits per heavy atom. The average Bonchev–Trinajstić information content (AvgIpc) is 2.19. The fourth-order valence-corrected chi connectivity index (χ4v) is 0.786. The van der Waals surface area contributed by atoms with E-state index in [2.05, 4.69) is 20.0 Å². The summed E-state index contributed by atoms with van der Waals surface area (Å²) in [7, 11) is 1.35. The van der Waals surface area contributed by atoms with Crippen LogP contribution in [0.4, 0.5) is 0 Å². The molecule has 0 aliphatic rings. The molecule has 0 aromatic carbocycles. The smallest absolute Gasteiger partial charge is 0.319 e. The fourth-order valence-electron chi connectivity index (χ4n) is 0.786. The van der Waals surface area contributed by atoms with Gasteiger partial charge in [-0.3, -0.25) is 14.8 Å². The Kier molecular flexibility index (Phi) is 3.84. The van der Waals surface area contributed by atoms with E-state index in [0.29, 0.717) is 6.54 Å². The minimum Gasteiger partial charge on any atom is -0.468 e. The molecule has 13 heavy (non-hydrogen) atoms. The second kappa shape index (κ2) is 5.21. The van der Waals surface area contributed by atoms with Gasteiger partial charge in [0.15, 0.2) is 0 Å². The molecule has 70 valence electrons. The van der Waals surface area contributed by atoms with Crippen molar-refractivity contribution in [2.24, 2.45) is 0 Å². The predicted molar refractivity (Wildman–Crippen MR) is 45.8 cm³/mol. The van der Waals surface area contributed by atoms with E-state index in [0.717, 1.165) is 5.69 Å². The van der Waals surface area contributed by atoms with Crippen LogP contribution in [0.1, 0.15) is 5.69 Å². The van der Waals surface area contributed by atoms with Gasteiger partial charge in [-0.05, 0) is 0 Å². The number of nitrogens with zero attached hydrogens (tertiary/aromatic N) is 2. The van der Waals surface area contributed by atoms with Gasteiger partial charge in [-0.15, -0.1) is 0 Å². The van der Waals surface area contributed by atoms with Crippen LogP contribution in [-0.2, 0) is 16.1 Å².